The van der Waals surface area contributed by atoms with Crippen molar-refractivity contribution in [3.63, 3.8) is 0 Å². The summed E-state index contributed by atoms with van der Waals surface area (Å²) in [7, 11) is 0. The average molecular weight is 242 g/mol. The number of rotatable bonds is 6. The summed E-state index contributed by atoms with van der Waals surface area (Å²) in [4.78, 5) is 11.0. The van der Waals surface area contributed by atoms with E-state index in [4.69, 9.17) is 16.7 Å². The smallest absolute Gasteiger partial charge is 0.239 e. The van der Waals surface area contributed by atoms with E-state index in [9.17, 15) is 4.79 Å². The van der Waals surface area contributed by atoms with Gasteiger partial charge in [-0.05, 0) is 37.0 Å². The predicted octanol–water partition coefficient (Wildman–Crippen LogP) is 2.18. The molecule has 0 bridgehead atoms. The van der Waals surface area contributed by atoms with Crippen LogP contribution in [0.5, 0.6) is 0 Å². The van der Waals surface area contributed by atoms with Gasteiger partial charge in [0, 0.05) is 12.3 Å². The number of benzene rings is 1. The second-order valence-corrected chi connectivity index (χ2v) is 3.83. The Balaban J connectivity index is 2.44. The summed E-state index contributed by atoms with van der Waals surface area (Å²) < 4.78 is 0. The Kier molecular flexibility index (Phi) is 5.90. The van der Waals surface area contributed by atoms with Crippen LogP contribution in [0.2, 0.25) is 0 Å². The fourth-order valence-corrected chi connectivity index (χ4v) is 1.46. The van der Waals surface area contributed by atoms with Crippen LogP contribution in [0.3, 0.4) is 0 Å². The first-order valence-corrected chi connectivity index (χ1v) is 5.85. The van der Waals surface area contributed by atoms with Crippen molar-refractivity contribution < 1.29 is 9.90 Å². The minimum Gasteiger partial charge on any atom is -0.396 e. The Morgan fingerprint density at radius 2 is 1.94 bits per heavy atom. The molecular weight excluding hydrogens is 226 g/mol. The summed E-state index contributed by atoms with van der Waals surface area (Å²) in [6.45, 7) is 0.240. The van der Waals surface area contributed by atoms with E-state index in [0.29, 0.717) is 0 Å². The number of anilines is 1. The van der Waals surface area contributed by atoms with Crippen LogP contribution in [-0.4, -0.2) is 23.5 Å². The van der Waals surface area contributed by atoms with E-state index in [1.165, 1.54) is 5.56 Å². The van der Waals surface area contributed by atoms with Crippen LogP contribution in [0.4, 0.5) is 5.69 Å². The normalized spacial score (nSPS) is 10.1. The molecular formula is C12H16ClNO2. The maximum atomic E-state index is 11.0. The van der Waals surface area contributed by atoms with Gasteiger partial charge in [0.2, 0.25) is 5.91 Å². The van der Waals surface area contributed by atoms with E-state index in [2.05, 4.69) is 5.32 Å². The van der Waals surface area contributed by atoms with E-state index >= 15 is 0 Å². The van der Waals surface area contributed by atoms with Crippen molar-refractivity contribution in [3.8, 4) is 0 Å². The minimum absolute atomic E-state index is 0.0295. The summed E-state index contributed by atoms with van der Waals surface area (Å²) >= 11 is 5.38. The zero-order valence-corrected chi connectivity index (χ0v) is 9.83. The number of amides is 1. The zero-order chi connectivity index (χ0) is 11.8. The van der Waals surface area contributed by atoms with Gasteiger partial charge in [0.15, 0.2) is 0 Å². The van der Waals surface area contributed by atoms with Gasteiger partial charge in [0.25, 0.3) is 0 Å². The molecule has 4 heteroatoms. The highest BCUT2D eigenvalue weighted by atomic mass is 35.5. The molecule has 2 N–H and O–H groups in total. The quantitative estimate of drug-likeness (QED) is 0.593. The summed E-state index contributed by atoms with van der Waals surface area (Å²) in [5.41, 5.74) is 1.97. The molecule has 0 spiro atoms. The molecule has 0 atom stereocenters. The van der Waals surface area contributed by atoms with Gasteiger partial charge in [-0.25, -0.2) is 0 Å². The van der Waals surface area contributed by atoms with Crippen LogP contribution in [0.25, 0.3) is 0 Å². The number of carbonyl (C=O) groups excluding carboxylic acids is 1. The molecule has 0 fully saturated rings. The lowest BCUT2D eigenvalue weighted by Crippen LogP contribution is -2.12. The first-order chi connectivity index (χ1) is 7.76. The van der Waals surface area contributed by atoms with E-state index < -0.39 is 0 Å². The molecule has 0 unspecified atom stereocenters. The molecule has 3 nitrogen and oxygen atoms in total. The Labute approximate surface area is 100 Å². The number of carbonyl (C=O) groups is 1. The second kappa shape index (κ2) is 7.25. The molecule has 0 aromatic heterocycles. The number of aliphatic hydroxyl groups is 1. The van der Waals surface area contributed by atoms with Gasteiger partial charge in [-0.3, -0.25) is 4.79 Å². The maximum absolute atomic E-state index is 11.0. The van der Waals surface area contributed by atoms with Crippen LogP contribution in [-0.2, 0) is 11.2 Å². The molecule has 0 aliphatic heterocycles. The molecule has 0 aliphatic carbocycles. The van der Waals surface area contributed by atoms with E-state index in [1.807, 2.05) is 24.3 Å². The fraction of sp³-hybridized carbons (Fsp3) is 0.417. The zero-order valence-electron chi connectivity index (χ0n) is 9.08. The molecule has 1 aromatic rings. The van der Waals surface area contributed by atoms with Crippen molar-refractivity contribution in [2.75, 3.05) is 17.8 Å². The highest BCUT2D eigenvalue weighted by molar-refractivity contribution is 6.29. The highest BCUT2D eigenvalue weighted by Gasteiger charge is 1.99. The third-order valence-electron chi connectivity index (χ3n) is 2.23. The van der Waals surface area contributed by atoms with Crippen LogP contribution < -0.4 is 5.32 Å². The Bertz CT molecular complexity index is 324. The molecule has 0 radical (unpaired) electrons. The van der Waals surface area contributed by atoms with E-state index in [0.717, 1.165) is 24.9 Å². The first kappa shape index (κ1) is 13.0. The molecule has 1 rings (SSSR count). The van der Waals surface area contributed by atoms with Gasteiger partial charge in [0.1, 0.15) is 5.88 Å². The van der Waals surface area contributed by atoms with Gasteiger partial charge in [-0.2, -0.15) is 0 Å². The summed E-state index contributed by atoms with van der Waals surface area (Å²) in [5, 5.41) is 11.3. The Morgan fingerprint density at radius 1 is 1.25 bits per heavy atom. The summed E-state index contributed by atoms with van der Waals surface area (Å²) in [5.74, 6) is -0.229. The van der Waals surface area contributed by atoms with Crippen LogP contribution in [0, 0.1) is 0 Å². The Morgan fingerprint density at radius 3 is 2.50 bits per heavy atom. The molecule has 1 amide bonds. The van der Waals surface area contributed by atoms with Crippen LogP contribution >= 0.6 is 11.6 Å². The number of unbranched alkanes of at least 4 members (excludes halogenated alkanes) is 1. The van der Waals surface area contributed by atoms with Crippen LogP contribution in [0.1, 0.15) is 18.4 Å². The van der Waals surface area contributed by atoms with Crippen molar-refractivity contribution in [3.05, 3.63) is 29.8 Å². The maximum Gasteiger partial charge on any atom is 0.239 e. The molecule has 88 valence electrons. The lowest BCUT2D eigenvalue weighted by Gasteiger charge is -2.04. The summed E-state index contributed by atoms with van der Waals surface area (Å²) in [6, 6.07) is 7.67. The van der Waals surface area contributed by atoms with Gasteiger partial charge in [0.05, 0.1) is 0 Å². The fourth-order valence-electron chi connectivity index (χ4n) is 1.39. The standard InChI is InChI=1S/C12H16ClNO2/c13-9-12(16)14-11-6-4-10(5-7-11)3-1-2-8-15/h4-7,15H,1-3,8-9H2,(H,14,16). The number of hydrogen-bond donors (Lipinski definition) is 2. The number of aliphatic hydroxyl groups excluding tert-OH is 1. The van der Waals surface area contributed by atoms with Gasteiger partial charge in [-0.15, -0.1) is 11.6 Å². The largest absolute Gasteiger partial charge is 0.396 e. The second-order valence-electron chi connectivity index (χ2n) is 3.56. The van der Waals surface area contributed by atoms with Crippen molar-refractivity contribution in [1.29, 1.82) is 0 Å². The summed E-state index contributed by atoms with van der Waals surface area (Å²) in [6.07, 6.45) is 2.75. The van der Waals surface area contributed by atoms with E-state index in [-0.39, 0.29) is 18.4 Å². The lowest BCUT2D eigenvalue weighted by molar-refractivity contribution is -0.113. The average Bonchev–Trinajstić information content (AvgIpc) is 2.31. The topological polar surface area (TPSA) is 49.3 Å². The molecule has 1 aromatic carbocycles. The molecule has 0 heterocycles. The third-order valence-corrected chi connectivity index (χ3v) is 2.48. The van der Waals surface area contributed by atoms with Crippen LogP contribution in [0.15, 0.2) is 24.3 Å². The van der Waals surface area contributed by atoms with E-state index in [1.54, 1.807) is 0 Å². The van der Waals surface area contributed by atoms with Gasteiger partial charge in [-0.1, -0.05) is 12.1 Å². The molecule has 0 saturated heterocycles. The minimum atomic E-state index is -0.199. The highest BCUT2D eigenvalue weighted by Crippen LogP contribution is 2.11. The number of alkyl halides is 1. The lowest BCUT2D eigenvalue weighted by atomic mass is 10.1. The van der Waals surface area contributed by atoms with Gasteiger partial charge >= 0.3 is 0 Å². The number of aryl methyl sites for hydroxylation is 1. The molecule has 16 heavy (non-hydrogen) atoms. The van der Waals surface area contributed by atoms with Gasteiger partial charge < -0.3 is 10.4 Å². The Hall–Kier alpha value is -1.06. The SMILES string of the molecule is O=C(CCl)Nc1ccc(CCCCO)cc1. The van der Waals surface area contributed by atoms with Crippen molar-refractivity contribution in [2.45, 2.75) is 19.3 Å². The number of halogens is 1. The number of nitrogens with one attached hydrogen (secondary N) is 1. The van der Waals surface area contributed by atoms with Crippen molar-refractivity contribution >= 4 is 23.2 Å². The monoisotopic (exact) mass is 241 g/mol. The van der Waals surface area contributed by atoms with Crippen molar-refractivity contribution in [1.82, 2.24) is 0 Å². The third kappa shape index (κ3) is 4.64. The molecule has 0 saturated carbocycles. The predicted molar refractivity (Wildman–Crippen MR) is 65.8 cm³/mol. The molecule has 0 aliphatic rings. The number of hydrogen-bond acceptors (Lipinski definition) is 2. The van der Waals surface area contributed by atoms with Crippen molar-refractivity contribution in [2.24, 2.45) is 0 Å². The first-order valence-electron chi connectivity index (χ1n) is 5.32.